The van der Waals surface area contributed by atoms with Crippen LogP contribution in [0.5, 0.6) is 0 Å². The van der Waals surface area contributed by atoms with Gasteiger partial charge in [0, 0.05) is 93.4 Å². The van der Waals surface area contributed by atoms with Gasteiger partial charge in [-0.15, -0.1) is 11.6 Å². The first-order chi connectivity index (χ1) is 48.9. The number of benzene rings is 3. The van der Waals surface area contributed by atoms with Crippen LogP contribution in [-0.2, 0) is 57.1 Å². The summed E-state index contributed by atoms with van der Waals surface area (Å²) in [5.74, 6) is -0.369. The van der Waals surface area contributed by atoms with Crippen LogP contribution in [0.1, 0.15) is 161 Å². The first-order valence-electron chi connectivity index (χ1n) is 37.1. The summed E-state index contributed by atoms with van der Waals surface area (Å²) in [6, 6.07) is 27.4. The number of carbonyl (C=O) groups is 6. The predicted octanol–water partition coefficient (Wildman–Crippen LogP) is 9.88. The van der Waals surface area contributed by atoms with Gasteiger partial charge in [-0.05, 0) is 140 Å². The summed E-state index contributed by atoms with van der Waals surface area (Å²) in [6.07, 6.45) is 8.00. The van der Waals surface area contributed by atoms with Gasteiger partial charge in [0.15, 0.2) is 0 Å². The van der Waals surface area contributed by atoms with Gasteiger partial charge in [-0.2, -0.15) is 0 Å². The molecule has 8 fully saturated rings. The highest BCUT2D eigenvalue weighted by Gasteiger charge is 2.43. The lowest BCUT2D eigenvalue weighted by Gasteiger charge is -2.36. The molecule has 8 aliphatic rings. The lowest BCUT2D eigenvalue weighted by Crippen LogP contribution is -2.52. The molecule has 4 N–H and O–H groups in total. The Hall–Kier alpha value is -5.90. The third kappa shape index (κ3) is 27.1. The summed E-state index contributed by atoms with van der Waals surface area (Å²) in [5, 5.41) is 14.9. The number of halogens is 6. The van der Waals surface area contributed by atoms with Crippen LogP contribution in [0, 0.1) is 0 Å². The number of hydrogen-bond acceptors (Lipinski definition) is 14. The molecule has 3 aromatic carbocycles. The van der Waals surface area contributed by atoms with Crippen molar-refractivity contribution in [3.8, 4) is 0 Å². The SMILES string of the molecule is CN1C[C@@H](F)C[C@H]1C(=O)NC(C)(C)C.CN1C[C@@H](F)C[C@H]1C(=O)NC(C)(C)c1ccccc1.CN1C[C@@H](F)C[C@H]1C(=O)NC1(C)CCCC1.CN1C[C@@H](F)C[C@H]1C(=O)NC1(C)CCCCC1.CON(Cc1ccccc1)C(=O)[C@@H]1C[C@H](Cl)CN1C.CON(Cc1ccccc1)C(=O)[C@@H]1C[C@H](F)CN1C. The largest absolute Gasteiger partial charge is 0.350 e. The zero-order valence-electron chi connectivity index (χ0n) is 64.5. The molecular formula is C78H122ClF5N12O8. The third-order valence-electron chi connectivity index (χ3n) is 21.0. The fourth-order valence-corrected chi connectivity index (χ4v) is 15.4. The van der Waals surface area contributed by atoms with E-state index in [1.165, 1.54) is 56.5 Å². The van der Waals surface area contributed by atoms with Crippen LogP contribution >= 0.6 is 11.6 Å². The van der Waals surface area contributed by atoms with Crippen LogP contribution in [-0.4, -0.2) is 260 Å². The second kappa shape index (κ2) is 40.3. The van der Waals surface area contributed by atoms with Crippen molar-refractivity contribution >= 4 is 47.0 Å². The maximum absolute atomic E-state index is 13.3. The Kier molecular flexibility index (Phi) is 33.7. The van der Waals surface area contributed by atoms with Crippen molar-refractivity contribution in [2.24, 2.45) is 0 Å². The second-order valence-electron chi connectivity index (χ2n) is 31.9. The molecule has 12 atom stereocenters. The Bertz CT molecular complexity index is 3060. The molecule has 0 unspecified atom stereocenters. The standard InChI is InChI=1S/C15H21FN2O.C14H19ClN2O2.C14H19FN2O2.C13H23FN2O.C12H21FN2O.C10H19FN2O/c1-15(2,11-7-5-4-6-8-11)17-14(19)13-9-12(16)10-18(13)3;2*1-16-10-12(15)8-13(16)14(18)17(19-2)9-11-6-4-3-5-7-11;1-13(6-4-3-5-7-13)15-12(17)11-8-10(14)9-16(11)2;1-12(5-3-4-6-12)14-11(16)10-7-9(13)8-15(10)2;1-10(2,3)12-9(14)8-5-7(11)6-13(8)4/h4-8,12-13H,9-10H2,1-3H3,(H,17,19);2*3-7,12-13H,8-10H2,1-2H3;10-11H,3-9H2,1-2H3,(H,15,17);9-10H,3-8H2,1-2H3,(H,14,16);7-8H,5-6H2,1-4H3,(H,12,14)/t3*12-,13-;10-,11-;9-,10-;7-,8-/m000000/s1. The molecule has 2 saturated carbocycles. The van der Waals surface area contributed by atoms with E-state index in [0.29, 0.717) is 71.5 Å². The van der Waals surface area contributed by atoms with Gasteiger partial charge in [0.25, 0.3) is 11.8 Å². The van der Waals surface area contributed by atoms with E-state index < -0.39 is 42.4 Å². The fraction of sp³-hybridized carbons (Fsp3) is 0.692. The highest BCUT2D eigenvalue weighted by atomic mass is 35.5. The van der Waals surface area contributed by atoms with Gasteiger partial charge in [-0.25, -0.2) is 32.1 Å². The molecule has 2 aliphatic carbocycles. The van der Waals surface area contributed by atoms with Gasteiger partial charge in [-0.3, -0.25) is 67.8 Å². The minimum absolute atomic E-state index is 0.00653. The number of carbonyl (C=O) groups excluding carboxylic acids is 6. The average molecular weight is 1490 g/mol. The first-order valence-corrected chi connectivity index (χ1v) is 37.5. The molecule has 11 rings (SSSR count). The molecule has 6 heterocycles. The number of alkyl halides is 6. The van der Waals surface area contributed by atoms with E-state index in [9.17, 15) is 50.7 Å². The van der Waals surface area contributed by atoms with Crippen molar-refractivity contribution in [1.82, 2.24) is 60.8 Å². The smallest absolute Gasteiger partial charge is 0.263 e. The second-order valence-corrected chi connectivity index (χ2v) is 32.5. The summed E-state index contributed by atoms with van der Waals surface area (Å²) in [5.41, 5.74) is 2.26. The van der Waals surface area contributed by atoms with Crippen molar-refractivity contribution in [1.29, 1.82) is 0 Å². The van der Waals surface area contributed by atoms with Crippen molar-refractivity contribution in [2.75, 3.05) is 95.8 Å². The number of hydroxylamine groups is 4. The van der Waals surface area contributed by atoms with Gasteiger partial charge in [0.05, 0.1) is 69.1 Å². The number of nitrogens with zero attached hydrogens (tertiary/aromatic N) is 8. The Balaban J connectivity index is 0.000000196. The summed E-state index contributed by atoms with van der Waals surface area (Å²) >= 11 is 6.10. The van der Waals surface area contributed by atoms with Gasteiger partial charge in [0.2, 0.25) is 23.6 Å². The van der Waals surface area contributed by atoms with E-state index in [1.54, 1.807) is 35.8 Å². The van der Waals surface area contributed by atoms with Gasteiger partial charge >= 0.3 is 0 Å². The summed E-state index contributed by atoms with van der Waals surface area (Å²) in [7, 11) is 13.9. The van der Waals surface area contributed by atoms with E-state index in [2.05, 4.69) is 35.1 Å². The molecule has 0 aromatic heterocycles. The highest BCUT2D eigenvalue weighted by Crippen LogP contribution is 2.32. The van der Waals surface area contributed by atoms with E-state index in [0.717, 1.165) is 48.9 Å². The molecule has 0 spiro atoms. The molecule has 0 radical (unpaired) electrons. The minimum Gasteiger partial charge on any atom is -0.350 e. The topological polar surface area (TPSA) is 195 Å². The van der Waals surface area contributed by atoms with E-state index in [1.807, 2.05) is 161 Å². The Labute approximate surface area is 621 Å². The van der Waals surface area contributed by atoms with Gasteiger partial charge in [-0.1, -0.05) is 123 Å². The van der Waals surface area contributed by atoms with E-state index in [4.69, 9.17) is 21.3 Å². The van der Waals surface area contributed by atoms with E-state index >= 15 is 0 Å². The summed E-state index contributed by atoms with van der Waals surface area (Å²) in [6.45, 7) is 17.2. The number of likely N-dealkylation sites (N-methyl/N-ethyl adjacent to an activating group) is 6. The molecule has 6 aliphatic heterocycles. The Morgan fingerprint density at radius 1 is 0.433 bits per heavy atom. The van der Waals surface area contributed by atoms with Crippen LogP contribution in [0.2, 0.25) is 0 Å². The third-order valence-corrected chi connectivity index (χ3v) is 21.3. The maximum atomic E-state index is 13.3. The Morgan fingerprint density at radius 3 is 1.02 bits per heavy atom. The lowest BCUT2D eigenvalue weighted by atomic mass is 9.83. The zero-order valence-corrected chi connectivity index (χ0v) is 65.2. The molecule has 6 amide bonds. The molecule has 584 valence electrons. The van der Waals surface area contributed by atoms with Crippen LogP contribution in [0.4, 0.5) is 22.0 Å². The zero-order chi connectivity index (χ0) is 76.9. The van der Waals surface area contributed by atoms with Crippen LogP contribution in [0.25, 0.3) is 0 Å². The molecule has 6 saturated heterocycles. The first kappa shape index (κ1) is 87.0. The quantitative estimate of drug-likeness (QED) is 0.0601. The van der Waals surface area contributed by atoms with Crippen molar-refractivity contribution in [3.05, 3.63) is 108 Å². The molecular weight excluding hydrogens is 1360 g/mol. The number of hydrogen-bond donors (Lipinski definition) is 4. The monoisotopic (exact) mass is 1480 g/mol. The predicted molar refractivity (Wildman–Crippen MR) is 398 cm³/mol. The van der Waals surface area contributed by atoms with E-state index in [-0.39, 0.29) is 100 Å². The number of nitrogens with one attached hydrogen (secondary N) is 4. The normalized spacial score (nSPS) is 27.7. The lowest BCUT2D eigenvalue weighted by molar-refractivity contribution is -0.184. The van der Waals surface area contributed by atoms with Crippen molar-refractivity contribution in [3.63, 3.8) is 0 Å². The number of likely N-dealkylation sites (tertiary alicyclic amines) is 6. The minimum atomic E-state index is -0.936. The molecule has 0 bridgehead atoms. The maximum Gasteiger partial charge on any atom is 0.263 e. The van der Waals surface area contributed by atoms with Crippen LogP contribution < -0.4 is 21.3 Å². The van der Waals surface area contributed by atoms with Crippen molar-refractivity contribution < 1.29 is 60.4 Å². The van der Waals surface area contributed by atoms with Gasteiger partial charge in [0.1, 0.15) is 30.9 Å². The summed E-state index contributed by atoms with van der Waals surface area (Å²) in [4.78, 5) is 94.2. The molecule has 26 heteroatoms. The summed E-state index contributed by atoms with van der Waals surface area (Å²) < 4.78 is 66.0. The average Bonchev–Trinajstić information content (AvgIpc) is 1.58. The number of rotatable bonds is 16. The van der Waals surface area contributed by atoms with Crippen LogP contribution in [0.15, 0.2) is 91.0 Å². The fourth-order valence-electron chi connectivity index (χ4n) is 15.0. The molecule has 20 nitrogen and oxygen atoms in total. The number of amides is 6. The highest BCUT2D eigenvalue weighted by molar-refractivity contribution is 6.21. The van der Waals surface area contributed by atoms with Crippen molar-refractivity contribution in [2.45, 2.75) is 253 Å². The molecule has 3 aromatic rings. The Morgan fingerprint density at radius 2 is 0.721 bits per heavy atom. The van der Waals surface area contributed by atoms with Gasteiger partial charge < -0.3 is 21.3 Å². The molecule has 104 heavy (non-hydrogen) atoms. The van der Waals surface area contributed by atoms with Crippen LogP contribution in [0.3, 0.4) is 0 Å².